The highest BCUT2D eigenvalue weighted by Crippen LogP contribution is 2.35. The molecule has 0 spiro atoms. The van der Waals surface area contributed by atoms with Gasteiger partial charge in [-0.3, -0.25) is 9.59 Å². The fraction of sp³-hybridized carbons (Fsp3) is 0.0435. The first-order valence-corrected chi connectivity index (χ1v) is 9.62. The standard InChI is InChI=1S/C23H17NO3S/c25-22-21(28-23(26)24(22)19-9-5-2-6-10-19)15-17-11-13-20(14-12-17)27-16-18-7-3-1-4-8-18/h1-15H,16H2. The number of nitrogens with zero attached hydrogens (tertiary/aromatic N) is 1. The molecule has 5 heteroatoms. The summed E-state index contributed by atoms with van der Waals surface area (Å²) in [6.45, 7) is 0.496. The van der Waals surface area contributed by atoms with Crippen LogP contribution in [0.5, 0.6) is 5.75 Å². The van der Waals surface area contributed by atoms with Crippen molar-refractivity contribution in [2.75, 3.05) is 4.90 Å². The van der Waals surface area contributed by atoms with Gasteiger partial charge in [-0.05, 0) is 53.2 Å². The molecular formula is C23H17NO3S. The molecule has 4 nitrogen and oxygen atoms in total. The van der Waals surface area contributed by atoms with E-state index in [-0.39, 0.29) is 11.1 Å². The molecule has 1 heterocycles. The van der Waals surface area contributed by atoms with E-state index in [4.69, 9.17) is 4.74 Å². The van der Waals surface area contributed by atoms with Crippen molar-refractivity contribution in [2.24, 2.45) is 0 Å². The van der Waals surface area contributed by atoms with Gasteiger partial charge in [-0.1, -0.05) is 60.7 Å². The number of thioether (sulfide) groups is 1. The average molecular weight is 387 g/mol. The molecular weight excluding hydrogens is 370 g/mol. The second-order valence-corrected chi connectivity index (χ2v) is 7.19. The maximum atomic E-state index is 12.6. The zero-order valence-corrected chi connectivity index (χ0v) is 15.8. The highest BCUT2D eigenvalue weighted by molar-refractivity contribution is 8.19. The van der Waals surface area contributed by atoms with Crippen molar-refractivity contribution < 1.29 is 14.3 Å². The Morgan fingerprint density at radius 2 is 1.46 bits per heavy atom. The largest absolute Gasteiger partial charge is 0.489 e. The monoisotopic (exact) mass is 387 g/mol. The van der Waals surface area contributed by atoms with Gasteiger partial charge >= 0.3 is 0 Å². The molecule has 0 aliphatic carbocycles. The summed E-state index contributed by atoms with van der Waals surface area (Å²) in [5, 5.41) is -0.287. The minimum Gasteiger partial charge on any atom is -0.489 e. The number of anilines is 1. The molecule has 0 N–H and O–H groups in total. The molecule has 1 saturated heterocycles. The van der Waals surface area contributed by atoms with Crippen LogP contribution >= 0.6 is 11.8 Å². The van der Waals surface area contributed by atoms with E-state index in [0.29, 0.717) is 17.2 Å². The van der Waals surface area contributed by atoms with Gasteiger partial charge in [0, 0.05) is 0 Å². The molecule has 1 aliphatic heterocycles. The van der Waals surface area contributed by atoms with Gasteiger partial charge in [0.25, 0.3) is 11.1 Å². The lowest BCUT2D eigenvalue weighted by Crippen LogP contribution is -2.27. The first-order chi connectivity index (χ1) is 13.7. The predicted octanol–water partition coefficient (Wildman–Crippen LogP) is 5.51. The average Bonchev–Trinajstić information content (AvgIpc) is 3.02. The predicted molar refractivity (Wildman–Crippen MR) is 112 cm³/mol. The number of rotatable bonds is 5. The fourth-order valence-corrected chi connectivity index (χ4v) is 3.66. The molecule has 28 heavy (non-hydrogen) atoms. The number of benzene rings is 3. The number of hydrogen-bond donors (Lipinski definition) is 0. The van der Waals surface area contributed by atoms with Crippen molar-refractivity contribution in [1.82, 2.24) is 0 Å². The van der Waals surface area contributed by atoms with Crippen LogP contribution in [0.15, 0.2) is 89.8 Å². The van der Waals surface area contributed by atoms with Crippen LogP contribution in [-0.2, 0) is 11.4 Å². The highest BCUT2D eigenvalue weighted by atomic mass is 32.2. The SMILES string of the molecule is O=C1SC(=Cc2ccc(OCc3ccccc3)cc2)C(=O)N1c1ccccc1. The summed E-state index contributed by atoms with van der Waals surface area (Å²) in [5.41, 5.74) is 2.52. The van der Waals surface area contributed by atoms with Crippen molar-refractivity contribution in [3.63, 3.8) is 0 Å². The fourth-order valence-electron chi connectivity index (χ4n) is 2.82. The van der Waals surface area contributed by atoms with Crippen LogP contribution in [0.3, 0.4) is 0 Å². The van der Waals surface area contributed by atoms with Crippen LogP contribution in [-0.4, -0.2) is 11.1 Å². The van der Waals surface area contributed by atoms with Crippen LogP contribution < -0.4 is 9.64 Å². The molecule has 0 saturated carbocycles. The number of hydrogen-bond acceptors (Lipinski definition) is 4. The number of para-hydroxylation sites is 1. The summed E-state index contributed by atoms with van der Waals surface area (Å²) in [6, 6.07) is 26.4. The third-order valence-electron chi connectivity index (χ3n) is 4.23. The Labute approximate surface area is 167 Å². The lowest BCUT2D eigenvalue weighted by Gasteiger charge is -2.11. The minimum atomic E-state index is -0.300. The Hall–Kier alpha value is -3.31. The zero-order valence-electron chi connectivity index (χ0n) is 14.9. The lowest BCUT2D eigenvalue weighted by molar-refractivity contribution is -0.113. The van der Waals surface area contributed by atoms with Crippen LogP contribution in [0.2, 0.25) is 0 Å². The number of ether oxygens (including phenoxy) is 1. The normalized spacial score (nSPS) is 15.3. The summed E-state index contributed by atoms with van der Waals surface area (Å²) in [7, 11) is 0. The summed E-state index contributed by atoms with van der Waals surface area (Å²) in [4.78, 5) is 26.5. The van der Waals surface area contributed by atoms with E-state index in [9.17, 15) is 9.59 Å². The maximum absolute atomic E-state index is 12.6. The van der Waals surface area contributed by atoms with E-state index < -0.39 is 0 Å². The Kier molecular flexibility index (Phi) is 5.26. The van der Waals surface area contributed by atoms with E-state index in [1.165, 1.54) is 4.90 Å². The molecule has 1 aliphatic rings. The Balaban J connectivity index is 1.45. The third-order valence-corrected chi connectivity index (χ3v) is 5.10. The second-order valence-electron chi connectivity index (χ2n) is 6.20. The van der Waals surface area contributed by atoms with E-state index in [1.54, 1.807) is 30.3 Å². The van der Waals surface area contributed by atoms with Crippen molar-refractivity contribution in [3.8, 4) is 5.75 Å². The summed E-state index contributed by atoms with van der Waals surface area (Å²) < 4.78 is 5.77. The Morgan fingerprint density at radius 1 is 0.821 bits per heavy atom. The smallest absolute Gasteiger partial charge is 0.298 e. The first-order valence-electron chi connectivity index (χ1n) is 8.80. The zero-order chi connectivity index (χ0) is 19.3. The van der Waals surface area contributed by atoms with Gasteiger partial charge in [-0.25, -0.2) is 4.90 Å². The molecule has 0 unspecified atom stereocenters. The first kappa shape index (κ1) is 18.1. The van der Waals surface area contributed by atoms with Crippen LogP contribution in [0.25, 0.3) is 6.08 Å². The second kappa shape index (κ2) is 8.15. The molecule has 2 amide bonds. The molecule has 0 bridgehead atoms. The molecule has 0 aromatic heterocycles. The van der Waals surface area contributed by atoms with Crippen molar-refractivity contribution in [3.05, 3.63) is 101 Å². The van der Waals surface area contributed by atoms with E-state index in [1.807, 2.05) is 60.7 Å². The summed E-state index contributed by atoms with van der Waals surface area (Å²) in [6.07, 6.45) is 1.73. The van der Waals surface area contributed by atoms with Crippen molar-refractivity contribution in [2.45, 2.75) is 6.61 Å². The minimum absolute atomic E-state index is 0.287. The van der Waals surface area contributed by atoms with E-state index >= 15 is 0 Å². The van der Waals surface area contributed by atoms with E-state index in [2.05, 4.69) is 0 Å². The number of imide groups is 1. The van der Waals surface area contributed by atoms with Crippen LogP contribution in [0, 0.1) is 0 Å². The van der Waals surface area contributed by atoms with E-state index in [0.717, 1.165) is 28.6 Å². The highest BCUT2D eigenvalue weighted by Gasteiger charge is 2.36. The molecule has 0 atom stereocenters. The summed E-state index contributed by atoms with van der Waals surface area (Å²) >= 11 is 0.950. The molecule has 1 fully saturated rings. The van der Waals surface area contributed by atoms with Gasteiger partial charge in [0.1, 0.15) is 12.4 Å². The van der Waals surface area contributed by atoms with Crippen LogP contribution in [0.4, 0.5) is 10.5 Å². The molecule has 3 aromatic rings. The molecule has 4 rings (SSSR count). The number of carbonyl (C=O) groups excluding carboxylic acids is 2. The Bertz CT molecular complexity index is 1010. The maximum Gasteiger partial charge on any atom is 0.298 e. The van der Waals surface area contributed by atoms with Crippen molar-refractivity contribution >= 4 is 34.7 Å². The van der Waals surface area contributed by atoms with Gasteiger partial charge in [0.2, 0.25) is 0 Å². The molecule has 138 valence electrons. The van der Waals surface area contributed by atoms with Gasteiger partial charge in [0.05, 0.1) is 10.6 Å². The van der Waals surface area contributed by atoms with Gasteiger partial charge in [0.15, 0.2) is 0 Å². The van der Waals surface area contributed by atoms with Gasteiger partial charge in [-0.2, -0.15) is 0 Å². The van der Waals surface area contributed by atoms with Crippen LogP contribution in [0.1, 0.15) is 11.1 Å². The third kappa shape index (κ3) is 4.00. The van der Waals surface area contributed by atoms with Gasteiger partial charge < -0.3 is 4.74 Å². The Morgan fingerprint density at radius 3 is 2.14 bits per heavy atom. The quantitative estimate of drug-likeness (QED) is 0.542. The number of amides is 2. The molecule has 3 aromatic carbocycles. The summed E-state index contributed by atoms with van der Waals surface area (Å²) in [5.74, 6) is 0.448. The molecule has 0 radical (unpaired) electrons. The lowest BCUT2D eigenvalue weighted by atomic mass is 10.2. The van der Waals surface area contributed by atoms with Crippen molar-refractivity contribution in [1.29, 1.82) is 0 Å². The van der Waals surface area contributed by atoms with Gasteiger partial charge in [-0.15, -0.1) is 0 Å². The topological polar surface area (TPSA) is 46.6 Å². The number of carbonyl (C=O) groups is 2.